The lowest BCUT2D eigenvalue weighted by atomic mass is 10.1. The van der Waals surface area contributed by atoms with Gasteiger partial charge in [-0.25, -0.2) is 0 Å². The Labute approximate surface area is 185 Å². The standard InChI is InChI=1S/C14H19NO3.C5H12O.C2H6.CH3I/c16-9-10-18-14-5-7-15(8-6-14)13-3-1-12(11-17)2-4-13;1-5(2,3)6-4;2*1-2/h1-4,11,14,16H,5-10H2;1-4H3;1-2H3;1H3. The number of aldehydes is 1. The zero-order valence-corrected chi connectivity index (χ0v) is 20.9. The highest BCUT2D eigenvalue weighted by molar-refractivity contribution is 14.1. The van der Waals surface area contributed by atoms with Crippen LogP contribution >= 0.6 is 22.6 Å². The summed E-state index contributed by atoms with van der Waals surface area (Å²) in [7, 11) is 1.71. The molecule has 1 aromatic rings. The van der Waals surface area contributed by atoms with Crippen LogP contribution in [0.25, 0.3) is 0 Å². The number of alkyl halides is 1. The van der Waals surface area contributed by atoms with Crippen molar-refractivity contribution in [2.45, 2.75) is 59.2 Å². The molecule has 0 amide bonds. The molecular weight excluding hydrogens is 469 g/mol. The summed E-state index contributed by atoms with van der Waals surface area (Å²) in [6.07, 6.45) is 3.09. The second kappa shape index (κ2) is 18.3. The molecule has 1 N–H and O–H groups in total. The van der Waals surface area contributed by atoms with Gasteiger partial charge in [0.25, 0.3) is 0 Å². The SMILES string of the molecule is CC.CI.COC(C)(C)C.O=Cc1ccc(N2CCC(OCCO)CC2)cc1. The molecule has 5 nitrogen and oxygen atoms in total. The molecule has 1 heterocycles. The van der Waals surface area contributed by atoms with Crippen LogP contribution in [0.3, 0.4) is 0 Å². The van der Waals surface area contributed by atoms with Gasteiger partial charge in [-0.2, -0.15) is 0 Å². The van der Waals surface area contributed by atoms with E-state index >= 15 is 0 Å². The average Bonchev–Trinajstić information content (AvgIpc) is 2.75. The number of carbonyl (C=O) groups excluding carboxylic acids is 1. The van der Waals surface area contributed by atoms with Crippen molar-refractivity contribution in [3.8, 4) is 0 Å². The number of benzene rings is 1. The van der Waals surface area contributed by atoms with Crippen molar-refractivity contribution < 1.29 is 19.4 Å². The topological polar surface area (TPSA) is 59.0 Å². The van der Waals surface area contributed by atoms with Crippen LogP contribution in [0, 0.1) is 0 Å². The van der Waals surface area contributed by atoms with E-state index in [4.69, 9.17) is 14.6 Å². The third-order valence-corrected chi connectivity index (χ3v) is 3.89. The van der Waals surface area contributed by atoms with Crippen molar-refractivity contribution in [1.29, 1.82) is 0 Å². The molecule has 0 bridgehead atoms. The van der Waals surface area contributed by atoms with E-state index in [2.05, 4.69) is 27.5 Å². The summed E-state index contributed by atoms with van der Waals surface area (Å²) in [5.74, 6) is 0. The predicted molar refractivity (Wildman–Crippen MR) is 128 cm³/mol. The first-order chi connectivity index (χ1) is 13.4. The summed E-state index contributed by atoms with van der Waals surface area (Å²) < 4.78 is 10.5. The van der Waals surface area contributed by atoms with Crippen LogP contribution in [0.4, 0.5) is 5.69 Å². The molecular formula is C22H40INO4. The second-order valence-corrected chi connectivity index (χ2v) is 6.81. The number of nitrogens with zero attached hydrogens (tertiary/aromatic N) is 1. The fraction of sp³-hybridized carbons (Fsp3) is 0.682. The Morgan fingerprint density at radius 2 is 1.61 bits per heavy atom. The van der Waals surface area contributed by atoms with Gasteiger partial charge in [-0.3, -0.25) is 4.79 Å². The number of hydrogen-bond acceptors (Lipinski definition) is 5. The maximum absolute atomic E-state index is 10.6. The maximum Gasteiger partial charge on any atom is 0.150 e. The normalized spacial score (nSPS) is 13.8. The first-order valence-electron chi connectivity index (χ1n) is 9.85. The maximum atomic E-state index is 10.6. The van der Waals surface area contributed by atoms with Gasteiger partial charge in [0.15, 0.2) is 0 Å². The van der Waals surface area contributed by atoms with Gasteiger partial charge < -0.3 is 19.5 Å². The molecule has 2 rings (SSSR count). The third-order valence-electron chi connectivity index (χ3n) is 3.89. The fourth-order valence-electron chi connectivity index (χ4n) is 2.26. The number of rotatable bonds is 5. The van der Waals surface area contributed by atoms with Crippen molar-refractivity contribution >= 4 is 34.6 Å². The van der Waals surface area contributed by atoms with Crippen LogP contribution in [-0.2, 0) is 9.47 Å². The van der Waals surface area contributed by atoms with Crippen molar-refractivity contribution in [2.24, 2.45) is 0 Å². The Morgan fingerprint density at radius 3 is 1.96 bits per heavy atom. The molecule has 0 unspecified atom stereocenters. The number of halogens is 1. The molecule has 1 aliphatic heterocycles. The highest BCUT2D eigenvalue weighted by Crippen LogP contribution is 2.21. The summed E-state index contributed by atoms with van der Waals surface area (Å²) in [6.45, 7) is 12.5. The molecule has 28 heavy (non-hydrogen) atoms. The summed E-state index contributed by atoms with van der Waals surface area (Å²) in [5.41, 5.74) is 1.90. The molecule has 0 aromatic heterocycles. The molecule has 1 aromatic carbocycles. The Kier molecular flexibility index (Phi) is 19.3. The summed E-state index contributed by atoms with van der Waals surface area (Å²) in [4.78, 5) is 14.9. The van der Waals surface area contributed by atoms with Crippen molar-refractivity contribution in [1.82, 2.24) is 0 Å². The van der Waals surface area contributed by atoms with E-state index in [1.54, 1.807) is 7.11 Å². The highest BCUT2D eigenvalue weighted by Gasteiger charge is 2.19. The van der Waals surface area contributed by atoms with Gasteiger partial charge >= 0.3 is 0 Å². The van der Waals surface area contributed by atoms with Gasteiger partial charge in [0.2, 0.25) is 0 Å². The van der Waals surface area contributed by atoms with Gasteiger partial charge in [-0.15, -0.1) is 0 Å². The second-order valence-electron chi connectivity index (χ2n) is 6.81. The number of aliphatic hydroxyl groups excluding tert-OH is 1. The molecule has 6 heteroatoms. The van der Waals surface area contributed by atoms with E-state index in [-0.39, 0.29) is 18.3 Å². The minimum atomic E-state index is 0.0417. The number of methoxy groups -OCH3 is 1. The number of aliphatic hydroxyl groups is 1. The first kappa shape index (κ1) is 29.5. The minimum absolute atomic E-state index is 0.0417. The Balaban J connectivity index is 0. The van der Waals surface area contributed by atoms with E-state index in [1.807, 2.05) is 63.8 Å². The van der Waals surface area contributed by atoms with Crippen molar-refractivity contribution in [2.75, 3.05) is 43.2 Å². The molecule has 1 fully saturated rings. The number of piperidine rings is 1. The summed E-state index contributed by atoms with van der Waals surface area (Å²) in [6, 6.07) is 7.66. The Morgan fingerprint density at radius 1 is 1.14 bits per heavy atom. The number of hydrogen-bond donors (Lipinski definition) is 1. The molecule has 0 atom stereocenters. The van der Waals surface area contributed by atoms with Crippen molar-refractivity contribution in [3.63, 3.8) is 0 Å². The highest BCUT2D eigenvalue weighted by atomic mass is 127. The van der Waals surface area contributed by atoms with Crippen molar-refractivity contribution in [3.05, 3.63) is 29.8 Å². The Bertz CT molecular complexity index is 466. The lowest BCUT2D eigenvalue weighted by Crippen LogP contribution is -2.37. The van der Waals surface area contributed by atoms with Gasteiger partial charge in [0, 0.05) is 31.5 Å². The molecule has 0 aliphatic carbocycles. The lowest BCUT2D eigenvalue weighted by Gasteiger charge is -2.33. The summed E-state index contributed by atoms with van der Waals surface area (Å²) >= 11 is 2.15. The van der Waals surface area contributed by atoms with E-state index in [0.717, 1.165) is 37.9 Å². The van der Waals surface area contributed by atoms with Gasteiger partial charge in [-0.05, 0) is 62.8 Å². The quantitative estimate of drug-likeness (QED) is 0.345. The number of ether oxygens (including phenoxy) is 2. The van der Waals surface area contributed by atoms with E-state index < -0.39 is 0 Å². The van der Waals surface area contributed by atoms with Crippen LogP contribution in [0.1, 0.15) is 57.8 Å². The zero-order valence-electron chi connectivity index (χ0n) is 18.7. The van der Waals surface area contributed by atoms with Crippen LogP contribution in [-0.4, -0.2) is 61.4 Å². The summed E-state index contributed by atoms with van der Waals surface area (Å²) in [5, 5.41) is 8.71. The number of anilines is 1. The molecule has 1 aliphatic rings. The number of carbonyl (C=O) groups is 1. The monoisotopic (exact) mass is 509 g/mol. The molecule has 0 saturated carbocycles. The fourth-order valence-corrected chi connectivity index (χ4v) is 2.26. The van der Waals surface area contributed by atoms with Gasteiger partial charge in [0.1, 0.15) is 6.29 Å². The minimum Gasteiger partial charge on any atom is -0.394 e. The van der Waals surface area contributed by atoms with Gasteiger partial charge in [0.05, 0.1) is 24.9 Å². The first-order valence-corrected chi connectivity index (χ1v) is 12.0. The Hall–Kier alpha value is -0.700. The van der Waals surface area contributed by atoms with E-state index in [1.165, 1.54) is 0 Å². The largest absolute Gasteiger partial charge is 0.394 e. The average molecular weight is 509 g/mol. The lowest BCUT2D eigenvalue weighted by molar-refractivity contribution is 0.0159. The van der Waals surface area contributed by atoms with E-state index in [0.29, 0.717) is 12.2 Å². The van der Waals surface area contributed by atoms with Crippen LogP contribution in [0.15, 0.2) is 24.3 Å². The van der Waals surface area contributed by atoms with E-state index in [9.17, 15) is 4.79 Å². The molecule has 164 valence electrons. The smallest absolute Gasteiger partial charge is 0.150 e. The van der Waals surface area contributed by atoms with Crippen LogP contribution in [0.2, 0.25) is 0 Å². The van der Waals surface area contributed by atoms with Crippen LogP contribution in [0.5, 0.6) is 0 Å². The van der Waals surface area contributed by atoms with Crippen LogP contribution < -0.4 is 4.90 Å². The third kappa shape index (κ3) is 14.3. The predicted octanol–water partition coefficient (Wildman–Crippen LogP) is 4.99. The molecule has 0 radical (unpaired) electrons. The zero-order chi connectivity index (χ0) is 22.0. The molecule has 1 saturated heterocycles. The van der Waals surface area contributed by atoms with Gasteiger partial charge in [-0.1, -0.05) is 36.4 Å². The molecule has 0 spiro atoms.